The molecule has 0 saturated carbocycles. The third-order valence-corrected chi connectivity index (χ3v) is 9.10. The Morgan fingerprint density at radius 3 is 1.60 bits per heavy atom. The summed E-state index contributed by atoms with van der Waals surface area (Å²) in [4.78, 5) is 44.2. The SMILES string of the molecule is Cc1cccc(C)c1NC(=O)[C@H](Cc1ccccc1)N1C(=O)[C@@H]2C3c4ccccc4C(c4ccccc43)[C@H]2C1=O. The molecule has 5 nitrogen and oxygen atoms in total. The molecule has 3 aliphatic carbocycles. The Kier molecular flexibility index (Phi) is 5.70. The van der Waals surface area contributed by atoms with E-state index < -0.39 is 17.9 Å². The molecule has 0 spiro atoms. The lowest BCUT2D eigenvalue weighted by Gasteiger charge is -2.45. The molecule has 40 heavy (non-hydrogen) atoms. The molecule has 1 saturated heterocycles. The van der Waals surface area contributed by atoms with Crippen LogP contribution in [0, 0.1) is 25.7 Å². The van der Waals surface area contributed by atoms with Crippen LogP contribution in [-0.4, -0.2) is 28.7 Å². The molecule has 1 N–H and O–H groups in total. The molecule has 4 aromatic carbocycles. The predicted octanol–water partition coefficient (Wildman–Crippen LogP) is 5.75. The highest BCUT2D eigenvalue weighted by atomic mass is 16.2. The van der Waals surface area contributed by atoms with Gasteiger partial charge in [0.05, 0.1) is 11.8 Å². The van der Waals surface area contributed by atoms with Gasteiger partial charge in [0.25, 0.3) is 0 Å². The number of likely N-dealkylation sites (tertiary alicyclic amines) is 1. The number of para-hydroxylation sites is 1. The molecule has 0 unspecified atom stereocenters. The fourth-order valence-electron chi connectivity index (χ4n) is 7.36. The van der Waals surface area contributed by atoms with E-state index in [9.17, 15) is 14.4 Å². The largest absolute Gasteiger partial charge is 0.324 e. The minimum Gasteiger partial charge on any atom is -0.324 e. The average Bonchev–Trinajstić information content (AvgIpc) is 3.24. The maximum Gasteiger partial charge on any atom is 0.248 e. The van der Waals surface area contributed by atoms with Gasteiger partial charge >= 0.3 is 0 Å². The number of rotatable bonds is 5. The molecule has 0 radical (unpaired) electrons. The Morgan fingerprint density at radius 1 is 0.675 bits per heavy atom. The van der Waals surface area contributed by atoms with Crippen molar-refractivity contribution in [2.45, 2.75) is 38.1 Å². The number of hydrogen-bond acceptors (Lipinski definition) is 3. The minimum absolute atomic E-state index is 0.206. The van der Waals surface area contributed by atoms with Crippen LogP contribution >= 0.6 is 0 Å². The number of imide groups is 1. The molecule has 4 aromatic rings. The van der Waals surface area contributed by atoms with Crippen molar-refractivity contribution < 1.29 is 14.4 Å². The second kappa shape index (κ2) is 9.30. The molecular formula is C35H30N2O3. The second-order valence-electron chi connectivity index (χ2n) is 11.3. The fraction of sp³-hybridized carbons (Fsp3) is 0.229. The lowest BCUT2D eigenvalue weighted by atomic mass is 9.55. The zero-order valence-electron chi connectivity index (χ0n) is 22.5. The monoisotopic (exact) mass is 526 g/mol. The van der Waals surface area contributed by atoms with Crippen molar-refractivity contribution in [2.75, 3.05) is 5.32 Å². The third-order valence-electron chi connectivity index (χ3n) is 9.10. The summed E-state index contributed by atoms with van der Waals surface area (Å²) < 4.78 is 0. The summed E-state index contributed by atoms with van der Waals surface area (Å²) in [7, 11) is 0. The smallest absolute Gasteiger partial charge is 0.248 e. The van der Waals surface area contributed by atoms with Crippen LogP contribution in [0.15, 0.2) is 97.1 Å². The van der Waals surface area contributed by atoms with Crippen molar-refractivity contribution in [3.05, 3.63) is 136 Å². The lowest BCUT2D eigenvalue weighted by molar-refractivity contribution is -0.146. The first-order chi connectivity index (χ1) is 19.5. The normalized spacial score (nSPS) is 22.9. The van der Waals surface area contributed by atoms with Crippen molar-refractivity contribution in [1.82, 2.24) is 4.90 Å². The van der Waals surface area contributed by atoms with E-state index in [1.165, 1.54) is 4.90 Å². The summed E-state index contributed by atoms with van der Waals surface area (Å²) in [6.45, 7) is 3.89. The van der Waals surface area contributed by atoms with Gasteiger partial charge in [-0.15, -0.1) is 0 Å². The third kappa shape index (κ3) is 3.57. The molecule has 3 amide bonds. The summed E-state index contributed by atoms with van der Waals surface area (Å²) in [5.74, 6) is -2.28. The summed E-state index contributed by atoms with van der Waals surface area (Å²) in [5, 5.41) is 3.09. The van der Waals surface area contributed by atoms with E-state index in [4.69, 9.17) is 0 Å². The molecule has 8 rings (SSSR count). The van der Waals surface area contributed by atoms with Crippen LogP contribution < -0.4 is 5.32 Å². The van der Waals surface area contributed by atoms with Gasteiger partial charge in [-0.25, -0.2) is 0 Å². The number of benzene rings is 4. The summed E-state index contributed by atoms with van der Waals surface area (Å²) in [5.41, 5.74) is 7.97. The lowest BCUT2D eigenvalue weighted by Crippen LogP contribution is -2.49. The number of nitrogens with zero attached hydrogens (tertiary/aromatic N) is 1. The minimum atomic E-state index is -0.961. The van der Waals surface area contributed by atoms with E-state index in [-0.39, 0.29) is 36.0 Å². The Labute approximate surface area is 233 Å². The van der Waals surface area contributed by atoms with Crippen LogP contribution in [0.25, 0.3) is 0 Å². The van der Waals surface area contributed by atoms with Gasteiger partial charge in [0.1, 0.15) is 6.04 Å². The Balaban J connectivity index is 1.32. The highest BCUT2D eigenvalue weighted by Crippen LogP contribution is 2.61. The van der Waals surface area contributed by atoms with E-state index in [1.807, 2.05) is 86.6 Å². The van der Waals surface area contributed by atoms with Crippen molar-refractivity contribution in [1.29, 1.82) is 0 Å². The van der Waals surface area contributed by atoms with Crippen LogP contribution in [0.5, 0.6) is 0 Å². The quantitative estimate of drug-likeness (QED) is 0.337. The van der Waals surface area contributed by atoms with E-state index in [0.717, 1.165) is 44.6 Å². The molecule has 0 aromatic heterocycles. The second-order valence-corrected chi connectivity index (χ2v) is 11.3. The van der Waals surface area contributed by atoms with Crippen LogP contribution in [0.3, 0.4) is 0 Å². The number of carbonyl (C=O) groups excluding carboxylic acids is 3. The molecule has 1 heterocycles. The Morgan fingerprint density at radius 2 is 1.12 bits per heavy atom. The van der Waals surface area contributed by atoms with Crippen LogP contribution in [0.2, 0.25) is 0 Å². The topological polar surface area (TPSA) is 66.5 Å². The molecule has 1 aliphatic heterocycles. The number of carbonyl (C=O) groups is 3. The highest BCUT2D eigenvalue weighted by molar-refractivity contribution is 6.12. The fourth-order valence-corrected chi connectivity index (χ4v) is 7.36. The van der Waals surface area contributed by atoms with E-state index in [2.05, 4.69) is 29.6 Å². The average molecular weight is 527 g/mol. The molecule has 4 aliphatic rings. The number of aryl methyl sites for hydroxylation is 2. The molecule has 3 atom stereocenters. The molecular weight excluding hydrogens is 496 g/mol. The zero-order chi connectivity index (χ0) is 27.5. The first-order valence-electron chi connectivity index (χ1n) is 13.9. The first-order valence-corrected chi connectivity index (χ1v) is 13.9. The van der Waals surface area contributed by atoms with E-state index >= 15 is 0 Å². The van der Waals surface area contributed by atoms with Gasteiger partial charge < -0.3 is 5.32 Å². The van der Waals surface area contributed by atoms with Gasteiger partial charge in [-0.2, -0.15) is 0 Å². The first kappa shape index (κ1) is 24.5. The zero-order valence-corrected chi connectivity index (χ0v) is 22.5. The van der Waals surface area contributed by atoms with Crippen LogP contribution in [0.1, 0.15) is 50.8 Å². The molecule has 5 heteroatoms. The summed E-state index contributed by atoms with van der Waals surface area (Å²) in [6.07, 6.45) is 0.254. The maximum absolute atomic E-state index is 14.4. The Bertz CT molecular complexity index is 1540. The van der Waals surface area contributed by atoms with Gasteiger partial charge in [-0.3, -0.25) is 19.3 Å². The van der Waals surface area contributed by atoms with Crippen molar-refractivity contribution >= 4 is 23.4 Å². The predicted molar refractivity (Wildman–Crippen MR) is 154 cm³/mol. The van der Waals surface area contributed by atoms with Crippen molar-refractivity contribution in [2.24, 2.45) is 11.8 Å². The van der Waals surface area contributed by atoms with Crippen LogP contribution in [-0.2, 0) is 20.8 Å². The highest BCUT2D eigenvalue weighted by Gasteiger charge is 2.63. The van der Waals surface area contributed by atoms with Crippen molar-refractivity contribution in [3.8, 4) is 0 Å². The Hall–Kier alpha value is -4.51. The van der Waals surface area contributed by atoms with Gasteiger partial charge in [0, 0.05) is 23.9 Å². The molecule has 1 fully saturated rings. The molecule has 198 valence electrons. The molecule has 2 bridgehead atoms. The standard InChI is InChI=1S/C35H30N2O3/c1-20-11-10-12-21(2)32(20)36-33(38)27(19-22-13-4-3-5-14-22)37-34(39)30-28-23-15-6-7-16-24(23)29(31(30)35(37)40)26-18-9-8-17-25(26)28/h3-18,27-31H,19H2,1-2H3,(H,36,38)/t27-,28?,29?,30+,31+/m0/s1. The number of anilines is 1. The van der Waals surface area contributed by atoms with E-state index in [0.29, 0.717) is 0 Å². The van der Waals surface area contributed by atoms with Gasteiger partial charge in [0.2, 0.25) is 17.7 Å². The van der Waals surface area contributed by atoms with Crippen LogP contribution in [0.4, 0.5) is 5.69 Å². The van der Waals surface area contributed by atoms with Gasteiger partial charge in [-0.1, -0.05) is 97.1 Å². The van der Waals surface area contributed by atoms with E-state index in [1.54, 1.807) is 0 Å². The number of hydrogen-bond donors (Lipinski definition) is 1. The number of nitrogens with one attached hydrogen (secondary N) is 1. The van der Waals surface area contributed by atoms with Gasteiger partial charge in [-0.05, 0) is 52.8 Å². The summed E-state index contributed by atoms with van der Waals surface area (Å²) in [6, 6.07) is 30.9. The summed E-state index contributed by atoms with van der Waals surface area (Å²) >= 11 is 0. The van der Waals surface area contributed by atoms with Crippen molar-refractivity contribution in [3.63, 3.8) is 0 Å². The maximum atomic E-state index is 14.4. The number of amides is 3. The van der Waals surface area contributed by atoms with Gasteiger partial charge in [0.15, 0.2) is 0 Å².